The number of ether oxygens (including phenoxy) is 3. The first-order chi connectivity index (χ1) is 33.9. The van der Waals surface area contributed by atoms with Crippen molar-refractivity contribution in [1.29, 1.82) is 0 Å². The molecule has 0 aromatic carbocycles. The van der Waals surface area contributed by atoms with Crippen LogP contribution in [0.15, 0.2) is 0 Å². The van der Waals surface area contributed by atoms with Crippen molar-refractivity contribution in [2.24, 2.45) is 0 Å². The molecular weight excluding hydrogens is 899 g/mol. The molecule has 0 aromatic heterocycles. The lowest BCUT2D eigenvalue weighted by atomic mass is 10.0. The molecule has 0 unspecified atom stereocenters. The van der Waals surface area contributed by atoms with E-state index in [0.29, 0.717) is 32.5 Å². The zero-order valence-corrected chi connectivity index (χ0v) is 48.1. The summed E-state index contributed by atoms with van der Waals surface area (Å²) in [5.41, 5.74) is 0. The van der Waals surface area contributed by atoms with Gasteiger partial charge in [-0.1, -0.05) is 187 Å². The van der Waals surface area contributed by atoms with Crippen LogP contribution in [0.2, 0.25) is 0 Å². The third-order valence-electron chi connectivity index (χ3n) is 13.7. The second-order valence-corrected chi connectivity index (χ2v) is 21.4. The van der Waals surface area contributed by atoms with Gasteiger partial charge >= 0.3 is 17.9 Å². The third kappa shape index (κ3) is 47.7. The summed E-state index contributed by atoms with van der Waals surface area (Å²) >= 11 is 4.24. The van der Waals surface area contributed by atoms with Gasteiger partial charge in [0.2, 0.25) is 0 Å². The summed E-state index contributed by atoms with van der Waals surface area (Å²) in [6, 6.07) is 0. The van der Waals surface area contributed by atoms with Gasteiger partial charge in [-0.25, -0.2) is 0 Å². The van der Waals surface area contributed by atoms with E-state index in [2.05, 4.69) is 47.1 Å². The fourth-order valence-corrected chi connectivity index (χ4v) is 10.0. The molecule has 0 atom stereocenters. The van der Waals surface area contributed by atoms with E-state index in [-0.39, 0.29) is 24.0 Å². The first kappa shape index (κ1) is 68.0. The molecule has 1 rings (SSSR count). The first-order valence-electron chi connectivity index (χ1n) is 29.9. The lowest BCUT2D eigenvalue weighted by molar-refractivity contribution is -0.150. The lowest BCUT2D eigenvalue weighted by Gasteiger charge is -2.34. The van der Waals surface area contributed by atoms with Gasteiger partial charge in [-0.2, -0.15) is 0 Å². The number of unbranched alkanes of at least 4 members (excludes halogenated alkanes) is 25. The molecule has 0 aromatic rings. The summed E-state index contributed by atoms with van der Waals surface area (Å²) in [5, 5.41) is 0. The molecule has 1 aliphatic rings. The molecule has 410 valence electrons. The number of rotatable bonds is 51. The highest BCUT2D eigenvalue weighted by Gasteiger charge is 2.18. The minimum Gasteiger partial charge on any atom is -0.466 e. The van der Waals surface area contributed by atoms with Crippen LogP contribution >= 0.6 is 22.5 Å². The number of hydrogen-bond acceptors (Lipinski definition) is 11. The maximum Gasteiger partial charge on any atom is 0.306 e. The second kappa shape index (κ2) is 54.8. The topological polar surface area (TPSA) is 88.6 Å². The molecule has 1 aliphatic heterocycles. The molecule has 0 N–H and O–H groups in total. The fourth-order valence-electron chi connectivity index (χ4n) is 9.28. The van der Waals surface area contributed by atoms with Gasteiger partial charge in [0.1, 0.15) is 12.7 Å². The van der Waals surface area contributed by atoms with Crippen molar-refractivity contribution in [3.05, 3.63) is 0 Å². The summed E-state index contributed by atoms with van der Waals surface area (Å²) in [5.74, 6) is 0.979. The molecule has 0 radical (unpaired) electrons. The van der Waals surface area contributed by atoms with Gasteiger partial charge in [-0.3, -0.25) is 19.3 Å². The van der Waals surface area contributed by atoms with Gasteiger partial charge in [-0.05, 0) is 103 Å². The van der Waals surface area contributed by atoms with Crippen molar-refractivity contribution < 1.29 is 28.6 Å². The van der Waals surface area contributed by atoms with Crippen molar-refractivity contribution in [3.63, 3.8) is 0 Å². The molecule has 1 saturated heterocycles. The SMILES string of the molecule is CC.CCCCCCCCCCCOC(=O)CCCCCN(CCCCCCCC(=O)OC(CCCCCCCC)CCCCCCCC)CCCC(=O)OCCN1CCN(CCCCSS)CC1. The van der Waals surface area contributed by atoms with Crippen LogP contribution in [0.4, 0.5) is 0 Å². The summed E-state index contributed by atoms with van der Waals surface area (Å²) in [4.78, 5) is 45.5. The van der Waals surface area contributed by atoms with Crippen molar-refractivity contribution in [3.8, 4) is 0 Å². The molecular formula is C58H115N3O6S2. The monoisotopic (exact) mass is 1010 g/mol. The second-order valence-electron chi connectivity index (χ2n) is 20.0. The van der Waals surface area contributed by atoms with Gasteiger partial charge in [0, 0.05) is 57.7 Å². The molecule has 0 bridgehead atoms. The van der Waals surface area contributed by atoms with Gasteiger partial charge < -0.3 is 24.0 Å². The predicted molar refractivity (Wildman–Crippen MR) is 302 cm³/mol. The Labute approximate surface area is 437 Å². The Hall–Kier alpha value is -1.01. The van der Waals surface area contributed by atoms with Crippen LogP contribution in [0, 0.1) is 0 Å². The van der Waals surface area contributed by atoms with Gasteiger partial charge in [0.05, 0.1) is 6.61 Å². The fraction of sp³-hybridized carbons (Fsp3) is 0.948. The van der Waals surface area contributed by atoms with E-state index in [1.807, 2.05) is 13.8 Å². The molecule has 0 spiro atoms. The quantitative estimate of drug-likeness (QED) is 0.0209. The lowest BCUT2D eigenvalue weighted by Crippen LogP contribution is -2.47. The normalized spacial score (nSPS) is 13.2. The van der Waals surface area contributed by atoms with Gasteiger partial charge in [0.15, 0.2) is 0 Å². The van der Waals surface area contributed by atoms with Crippen LogP contribution in [0.25, 0.3) is 0 Å². The Bertz CT molecular complexity index is 1080. The Kier molecular flexibility index (Phi) is 54.0. The number of hydrogen-bond donors (Lipinski definition) is 1. The summed E-state index contributed by atoms with van der Waals surface area (Å²) < 4.78 is 17.3. The van der Waals surface area contributed by atoms with E-state index >= 15 is 0 Å². The largest absolute Gasteiger partial charge is 0.466 e. The maximum atomic E-state index is 12.9. The average molecular weight is 1010 g/mol. The molecule has 1 heterocycles. The molecule has 9 nitrogen and oxygen atoms in total. The third-order valence-corrected chi connectivity index (χ3v) is 14.7. The number of carbonyl (C=O) groups excluding carboxylic acids is 3. The van der Waals surface area contributed by atoms with Crippen molar-refractivity contribution in [2.75, 3.05) is 77.9 Å². The minimum atomic E-state index is -0.0868. The number of carbonyl (C=O) groups is 3. The Morgan fingerprint density at radius 1 is 0.449 bits per heavy atom. The van der Waals surface area contributed by atoms with E-state index in [4.69, 9.17) is 14.2 Å². The number of piperazine rings is 1. The molecule has 0 aliphatic carbocycles. The van der Waals surface area contributed by atoms with E-state index in [1.54, 1.807) is 10.8 Å². The molecule has 0 saturated carbocycles. The van der Waals surface area contributed by atoms with Crippen LogP contribution in [-0.4, -0.2) is 117 Å². The Morgan fingerprint density at radius 2 is 0.841 bits per heavy atom. The number of thiol groups is 1. The Balaban J connectivity index is 0.0000228. The highest BCUT2D eigenvalue weighted by atomic mass is 33.1. The predicted octanol–water partition coefficient (Wildman–Crippen LogP) is 16.0. The summed E-state index contributed by atoms with van der Waals surface area (Å²) in [6.45, 7) is 20.9. The van der Waals surface area contributed by atoms with E-state index < -0.39 is 0 Å². The number of nitrogens with zero attached hydrogens (tertiary/aromatic N) is 3. The molecule has 0 amide bonds. The van der Waals surface area contributed by atoms with Crippen LogP contribution in [-0.2, 0) is 28.6 Å². The molecule has 11 heteroatoms. The highest BCUT2D eigenvalue weighted by molar-refractivity contribution is 8.68. The molecule has 69 heavy (non-hydrogen) atoms. The first-order valence-corrected chi connectivity index (χ1v) is 31.9. The smallest absolute Gasteiger partial charge is 0.306 e. The van der Waals surface area contributed by atoms with Gasteiger partial charge in [-0.15, -0.1) is 11.7 Å². The van der Waals surface area contributed by atoms with Crippen LogP contribution in [0.1, 0.15) is 272 Å². The maximum absolute atomic E-state index is 12.9. The minimum absolute atomic E-state index is 0.00235. The van der Waals surface area contributed by atoms with E-state index in [0.717, 1.165) is 142 Å². The van der Waals surface area contributed by atoms with Crippen molar-refractivity contribution >= 4 is 40.4 Å². The van der Waals surface area contributed by atoms with Gasteiger partial charge in [0.25, 0.3) is 0 Å². The number of esters is 3. The standard InChI is InChI=1S/C56H109N3O6S2.C2H6/c1-4-7-10-13-16-17-18-24-33-50-63-54(60)38-29-25-31-42-57(44-35-40-55(61)64-51-49-59-47-45-58(46-48-59)43-32-34-52-67-66)41-30-23-19-22-28-39-56(62)65-53(36-26-20-14-11-8-5-2)37-27-21-15-12-9-6-3;1-2/h53,66H,4-52H2,1-3H3;1-2H3. The average Bonchev–Trinajstić information content (AvgIpc) is 3.35. The van der Waals surface area contributed by atoms with Crippen LogP contribution in [0.5, 0.6) is 0 Å². The summed E-state index contributed by atoms with van der Waals surface area (Å²) in [7, 11) is 1.63. The van der Waals surface area contributed by atoms with Crippen molar-refractivity contribution in [1.82, 2.24) is 14.7 Å². The zero-order valence-electron chi connectivity index (χ0n) is 46.4. The van der Waals surface area contributed by atoms with Crippen LogP contribution < -0.4 is 0 Å². The highest BCUT2D eigenvalue weighted by Crippen LogP contribution is 2.19. The zero-order chi connectivity index (χ0) is 50.5. The van der Waals surface area contributed by atoms with E-state index in [1.165, 1.54) is 141 Å². The van der Waals surface area contributed by atoms with E-state index in [9.17, 15) is 14.4 Å². The van der Waals surface area contributed by atoms with Crippen LogP contribution in [0.3, 0.4) is 0 Å². The Morgan fingerprint density at radius 3 is 1.36 bits per heavy atom. The van der Waals surface area contributed by atoms with Crippen molar-refractivity contribution in [2.45, 2.75) is 278 Å². The molecule has 1 fully saturated rings. The summed E-state index contributed by atoms with van der Waals surface area (Å²) in [6.07, 6.45) is 41.7.